The molecule has 1 atom stereocenters. The smallest absolute Gasteiger partial charge is 0.155 e. The van der Waals surface area contributed by atoms with Crippen molar-refractivity contribution in [1.82, 2.24) is 0 Å². The molecule has 0 aliphatic heterocycles. The molecule has 0 spiro atoms. The van der Waals surface area contributed by atoms with Gasteiger partial charge in [0.15, 0.2) is 5.78 Å². The lowest BCUT2D eigenvalue weighted by molar-refractivity contribution is -0.119. The van der Waals surface area contributed by atoms with Crippen LogP contribution in [-0.4, -0.2) is 11.8 Å². The van der Waals surface area contributed by atoms with Crippen molar-refractivity contribution < 1.29 is 13.6 Å². The predicted molar refractivity (Wildman–Crippen MR) is 64.2 cm³/mol. The normalized spacial score (nSPS) is 11.9. The molecule has 0 bridgehead atoms. The molecule has 0 saturated carbocycles. The average molecular weight is 302 g/mol. The van der Waals surface area contributed by atoms with Gasteiger partial charge in [0.2, 0.25) is 0 Å². The molecule has 90 valence electrons. The van der Waals surface area contributed by atoms with Crippen LogP contribution in [0.3, 0.4) is 0 Å². The van der Waals surface area contributed by atoms with E-state index in [0.717, 1.165) is 6.07 Å². The largest absolute Gasteiger partial charge is 0.321 e. The maximum Gasteiger partial charge on any atom is 0.155 e. The van der Waals surface area contributed by atoms with E-state index >= 15 is 0 Å². The van der Waals surface area contributed by atoms with Crippen LogP contribution < -0.4 is 5.73 Å². The van der Waals surface area contributed by atoms with Gasteiger partial charge in [-0.2, -0.15) is 0 Å². The number of hydrogen-bond donors (Lipinski definition) is 1. The third-order valence-electron chi connectivity index (χ3n) is 2.24. The van der Waals surface area contributed by atoms with E-state index in [1.165, 1.54) is 6.07 Å². The van der Waals surface area contributed by atoms with E-state index in [-0.39, 0.29) is 16.5 Å². The van der Waals surface area contributed by atoms with Crippen LogP contribution in [0.1, 0.15) is 12.0 Å². The zero-order valence-electron chi connectivity index (χ0n) is 8.84. The van der Waals surface area contributed by atoms with Crippen molar-refractivity contribution in [2.75, 3.05) is 0 Å². The molecule has 2 N–H and O–H groups in total. The Labute approximate surface area is 106 Å². The minimum atomic E-state index is -0.891. The minimum Gasteiger partial charge on any atom is -0.321 e. The number of ketones is 1. The molecule has 0 aliphatic rings. The number of Topliss-reactive ketones (excluding diaryl/α,β-unsaturated/α-hetero) is 1. The number of nitrogens with two attached hydrogens (primary N) is 1. The summed E-state index contributed by atoms with van der Waals surface area (Å²) in [5.41, 5.74) is 5.17. The monoisotopic (exact) mass is 301 g/mol. The zero-order valence-corrected chi connectivity index (χ0v) is 10.4. The molecule has 0 radical (unpaired) electrons. The first kappa shape index (κ1) is 13.8. The third kappa shape index (κ3) is 3.35. The van der Waals surface area contributed by atoms with Gasteiger partial charge in [0.1, 0.15) is 11.6 Å². The van der Waals surface area contributed by atoms with Crippen molar-refractivity contribution >= 4 is 21.7 Å². The Morgan fingerprint density at radius 2 is 2.18 bits per heavy atom. The van der Waals surface area contributed by atoms with Gasteiger partial charge in [-0.3, -0.25) is 4.79 Å². The molecule has 17 heavy (non-hydrogen) atoms. The Morgan fingerprint density at radius 3 is 2.76 bits per heavy atom. The molecule has 0 saturated heterocycles. The van der Waals surface area contributed by atoms with Gasteiger partial charge in [0, 0.05) is 18.4 Å². The second-order valence-electron chi connectivity index (χ2n) is 3.48. The summed E-state index contributed by atoms with van der Waals surface area (Å²) >= 11 is 2.92. The van der Waals surface area contributed by atoms with E-state index in [2.05, 4.69) is 21.9 Å². The lowest BCUT2D eigenvalue weighted by atomic mass is 10.0. The summed E-state index contributed by atoms with van der Waals surface area (Å²) < 4.78 is 27.0. The summed E-state index contributed by atoms with van der Waals surface area (Å²) in [6.45, 7) is 0. The summed E-state index contributed by atoms with van der Waals surface area (Å²) in [5.74, 6) is 0.188. The highest BCUT2D eigenvalue weighted by Crippen LogP contribution is 2.22. The van der Waals surface area contributed by atoms with Crippen LogP contribution in [0.2, 0.25) is 0 Å². The second-order valence-corrected chi connectivity index (χ2v) is 4.33. The average Bonchev–Trinajstić information content (AvgIpc) is 2.29. The van der Waals surface area contributed by atoms with Gasteiger partial charge in [-0.25, -0.2) is 8.78 Å². The fourth-order valence-electron chi connectivity index (χ4n) is 1.28. The Morgan fingerprint density at radius 1 is 1.53 bits per heavy atom. The van der Waals surface area contributed by atoms with Crippen molar-refractivity contribution in [2.45, 2.75) is 18.9 Å². The predicted octanol–water partition coefficient (Wildman–Crippen LogP) is 2.19. The number of carbonyl (C=O) groups is 1. The van der Waals surface area contributed by atoms with E-state index in [9.17, 15) is 13.6 Å². The highest BCUT2D eigenvalue weighted by molar-refractivity contribution is 9.10. The fourth-order valence-corrected chi connectivity index (χ4v) is 1.65. The quantitative estimate of drug-likeness (QED) is 0.684. The summed E-state index contributed by atoms with van der Waals surface area (Å²) in [6, 6.07) is 1.43. The van der Waals surface area contributed by atoms with Gasteiger partial charge < -0.3 is 5.73 Å². The van der Waals surface area contributed by atoms with Crippen LogP contribution in [0.25, 0.3) is 0 Å². The molecule has 0 amide bonds. The van der Waals surface area contributed by atoms with E-state index < -0.39 is 29.9 Å². The van der Waals surface area contributed by atoms with Crippen LogP contribution in [-0.2, 0) is 11.2 Å². The summed E-state index contributed by atoms with van der Waals surface area (Å²) in [4.78, 5) is 11.5. The first-order valence-corrected chi connectivity index (χ1v) is 5.60. The fraction of sp³-hybridized carbons (Fsp3) is 0.250. The van der Waals surface area contributed by atoms with E-state index in [0.29, 0.717) is 0 Å². The molecule has 1 aromatic rings. The molecule has 5 heteroatoms. The van der Waals surface area contributed by atoms with Gasteiger partial charge in [-0.1, -0.05) is 0 Å². The highest BCUT2D eigenvalue weighted by Gasteiger charge is 2.19. The molecule has 0 fully saturated rings. The van der Waals surface area contributed by atoms with E-state index in [4.69, 9.17) is 12.2 Å². The number of carbonyl (C=O) groups excluding carboxylic acids is 1. The standard InChI is InChI=1S/C12H10BrF2NO/c1-2-3-10(16)11(17)6-7-9(14)5-4-8(13)12(7)15/h1,4-5,10H,3,6,16H2. The molecular formula is C12H10BrF2NO. The van der Waals surface area contributed by atoms with Crippen molar-refractivity contribution in [1.29, 1.82) is 0 Å². The Balaban J connectivity index is 2.93. The van der Waals surface area contributed by atoms with Gasteiger partial charge in [0.25, 0.3) is 0 Å². The number of benzene rings is 1. The number of terminal acetylenes is 1. The molecule has 1 unspecified atom stereocenters. The maximum absolute atomic E-state index is 13.6. The molecular weight excluding hydrogens is 292 g/mol. The van der Waals surface area contributed by atoms with Crippen LogP contribution in [0.15, 0.2) is 16.6 Å². The summed E-state index contributed by atoms with van der Waals surface area (Å²) in [5, 5.41) is 0. The number of rotatable bonds is 4. The number of hydrogen-bond acceptors (Lipinski definition) is 2. The Bertz CT molecular complexity index is 482. The SMILES string of the molecule is C#CCC(N)C(=O)Cc1c(F)ccc(Br)c1F. The highest BCUT2D eigenvalue weighted by atomic mass is 79.9. The Hall–Kier alpha value is -1.25. The maximum atomic E-state index is 13.6. The van der Waals surface area contributed by atoms with Gasteiger partial charge in [-0.15, -0.1) is 12.3 Å². The van der Waals surface area contributed by atoms with Crippen molar-refractivity contribution in [3.63, 3.8) is 0 Å². The molecule has 0 aliphatic carbocycles. The number of halogens is 3. The Kier molecular flexibility index (Phi) is 4.79. The minimum absolute atomic E-state index is 0.0517. The van der Waals surface area contributed by atoms with Crippen LogP contribution >= 0.6 is 15.9 Å². The van der Waals surface area contributed by atoms with Crippen LogP contribution in [0.4, 0.5) is 8.78 Å². The van der Waals surface area contributed by atoms with Crippen molar-refractivity contribution in [3.05, 3.63) is 33.8 Å². The zero-order chi connectivity index (χ0) is 13.0. The molecule has 1 aromatic carbocycles. The first-order chi connectivity index (χ1) is 7.97. The lowest BCUT2D eigenvalue weighted by Crippen LogP contribution is -2.31. The summed E-state index contributed by atoms with van der Waals surface area (Å²) in [6.07, 6.45) is 4.66. The third-order valence-corrected chi connectivity index (χ3v) is 2.85. The molecule has 0 aromatic heterocycles. The van der Waals surface area contributed by atoms with E-state index in [1.54, 1.807) is 0 Å². The van der Waals surface area contributed by atoms with Crippen LogP contribution in [0, 0.1) is 24.0 Å². The van der Waals surface area contributed by atoms with E-state index in [1.807, 2.05) is 0 Å². The molecule has 0 heterocycles. The topological polar surface area (TPSA) is 43.1 Å². The molecule has 1 rings (SSSR count). The molecule has 2 nitrogen and oxygen atoms in total. The lowest BCUT2D eigenvalue weighted by Gasteiger charge is -2.09. The van der Waals surface area contributed by atoms with Gasteiger partial charge in [0.05, 0.1) is 10.5 Å². The van der Waals surface area contributed by atoms with Crippen molar-refractivity contribution in [3.8, 4) is 12.3 Å². The van der Waals surface area contributed by atoms with Crippen molar-refractivity contribution in [2.24, 2.45) is 5.73 Å². The second kappa shape index (κ2) is 5.89. The van der Waals surface area contributed by atoms with Crippen LogP contribution in [0.5, 0.6) is 0 Å². The van der Waals surface area contributed by atoms with Gasteiger partial charge in [-0.05, 0) is 28.1 Å². The van der Waals surface area contributed by atoms with Gasteiger partial charge >= 0.3 is 0 Å². The first-order valence-electron chi connectivity index (χ1n) is 4.81. The summed E-state index contributed by atoms with van der Waals surface area (Å²) in [7, 11) is 0.